The van der Waals surface area contributed by atoms with Crippen LogP contribution >= 0.6 is 0 Å². The van der Waals surface area contributed by atoms with Crippen LogP contribution in [0.4, 0.5) is 0 Å². The summed E-state index contributed by atoms with van der Waals surface area (Å²) in [5, 5.41) is 17.7. The van der Waals surface area contributed by atoms with Crippen LogP contribution in [0, 0.1) is 22.7 Å². The summed E-state index contributed by atoms with van der Waals surface area (Å²) in [5.74, 6) is 0. The van der Waals surface area contributed by atoms with Gasteiger partial charge in [0.1, 0.15) is 0 Å². The van der Waals surface area contributed by atoms with E-state index in [-0.39, 0.29) is 35.8 Å². The second-order valence-electron chi connectivity index (χ2n) is 7.86. The fourth-order valence-corrected chi connectivity index (χ4v) is 4.27. The average Bonchev–Trinajstić information content (AvgIpc) is 3.33. The Hall–Kier alpha value is -3.14. The Bertz CT molecular complexity index is 1170. The summed E-state index contributed by atoms with van der Waals surface area (Å²) < 4.78 is 9.19. The fraction of sp³-hybridized carbons (Fsp3) is 0.360. The van der Waals surface area contributed by atoms with Crippen LogP contribution in [0.15, 0.2) is 61.2 Å². The first-order chi connectivity index (χ1) is 15.3. The Kier molecular flexibility index (Phi) is 14.3. The summed E-state index contributed by atoms with van der Waals surface area (Å²) in [5.41, 5.74) is 4.93. The maximum atomic E-state index is 8.84. The summed E-state index contributed by atoms with van der Waals surface area (Å²) in [4.78, 5) is 0. The van der Waals surface area contributed by atoms with Crippen LogP contribution in [-0.2, 0) is 26.2 Å². The van der Waals surface area contributed by atoms with Gasteiger partial charge >= 0.3 is 0 Å². The lowest BCUT2D eigenvalue weighted by Gasteiger charge is -1.98. The van der Waals surface area contributed by atoms with Crippen molar-refractivity contribution in [2.45, 2.75) is 58.3 Å². The molecule has 0 aliphatic heterocycles. The Morgan fingerprint density at radius 3 is 1.43 bits per heavy atom. The van der Waals surface area contributed by atoms with Crippen molar-refractivity contribution in [3.63, 3.8) is 0 Å². The Balaban J connectivity index is 0.00000289. The number of hydrogen-bond acceptors (Lipinski definition) is 2. The maximum Gasteiger partial charge on any atom is 0.244 e. The number of fused-ring (bicyclic) bond motifs is 2. The second-order valence-corrected chi connectivity index (χ2v) is 7.86. The van der Waals surface area contributed by atoms with Crippen LogP contribution in [0.25, 0.3) is 22.1 Å². The normalized spacial score (nSPS) is 9.77. The molecule has 0 fully saturated rings. The zero-order valence-corrected chi connectivity index (χ0v) is 21.1. The molecule has 188 valence electrons. The minimum atomic E-state index is 0. The fourth-order valence-electron chi connectivity index (χ4n) is 4.27. The first-order valence-electron chi connectivity index (χ1n) is 11.0. The number of nitrogens with zero attached hydrogens (tertiary/aromatic N) is 6. The molecule has 2 aromatic carbocycles. The molecule has 0 unspecified atom stereocenters. The molecule has 0 spiro atoms. The van der Waals surface area contributed by atoms with E-state index in [1.54, 1.807) is 0 Å². The Labute approximate surface area is 218 Å². The monoisotopic (exact) mass is 518 g/mol. The van der Waals surface area contributed by atoms with Crippen molar-refractivity contribution in [1.29, 1.82) is 10.5 Å². The molecule has 0 amide bonds. The van der Waals surface area contributed by atoms with E-state index in [1.807, 2.05) is 0 Å². The van der Waals surface area contributed by atoms with Crippen molar-refractivity contribution in [3.05, 3.63) is 61.2 Å². The molecule has 35 heavy (non-hydrogen) atoms. The molecule has 0 saturated heterocycles. The van der Waals surface area contributed by atoms with Crippen LogP contribution in [0.1, 0.15) is 32.1 Å². The van der Waals surface area contributed by atoms with E-state index in [9.17, 15) is 0 Å². The van der Waals surface area contributed by atoms with E-state index in [4.69, 9.17) is 10.5 Å². The van der Waals surface area contributed by atoms with Gasteiger partial charge in [-0.3, -0.25) is 0 Å². The van der Waals surface area contributed by atoms with E-state index in [0.29, 0.717) is 12.8 Å². The number of halogens is 2. The van der Waals surface area contributed by atoms with Crippen molar-refractivity contribution < 1.29 is 44.9 Å². The number of rotatable bonds is 10. The van der Waals surface area contributed by atoms with E-state index < -0.39 is 0 Å². The van der Waals surface area contributed by atoms with Gasteiger partial charge < -0.3 is 35.8 Å². The number of para-hydroxylation sites is 4. The highest BCUT2D eigenvalue weighted by atomic mass is 35.5. The number of hydrogen-bond donors (Lipinski definition) is 0. The molecule has 0 saturated carbocycles. The van der Waals surface area contributed by atoms with Crippen LogP contribution in [0.3, 0.4) is 0 Å². The van der Waals surface area contributed by atoms with E-state index in [1.165, 1.54) is 22.1 Å². The van der Waals surface area contributed by atoms with Crippen molar-refractivity contribution in [3.8, 4) is 12.1 Å². The van der Waals surface area contributed by atoms with Gasteiger partial charge in [0.05, 0.1) is 38.3 Å². The molecular formula is C25H32Cl2N6O2. The molecule has 4 N–H and O–H groups in total. The molecule has 2 heterocycles. The number of benzene rings is 2. The molecule has 0 bridgehead atoms. The van der Waals surface area contributed by atoms with Gasteiger partial charge in [-0.15, -0.1) is 0 Å². The molecule has 0 atom stereocenters. The van der Waals surface area contributed by atoms with Gasteiger partial charge in [0.25, 0.3) is 0 Å². The third kappa shape index (κ3) is 7.42. The van der Waals surface area contributed by atoms with Crippen LogP contribution in [-0.4, -0.2) is 20.1 Å². The van der Waals surface area contributed by atoms with Crippen LogP contribution in [0.2, 0.25) is 0 Å². The highest BCUT2D eigenvalue weighted by molar-refractivity contribution is 5.72. The van der Waals surface area contributed by atoms with Gasteiger partial charge in [0.15, 0.2) is 22.1 Å². The van der Waals surface area contributed by atoms with Crippen molar-refractivity contribution in [2.24, 2.45) is 0 Å². The molecule has 0 radical (unpaired) electrons. The lowest BCUT2D eigenvalue weighted by Crippen LogP contribution is -3.00. The molecule has 4 rings (SSSR count). The number of aryl methyl sites for hydroxylation is 4. The largest absolute Gasteiger partial charge is 1.00 e. The molecule has 0 aliphatic rings. The zero-order chi connectivity index (χ0) is 21.5. The minimum absolute atomic E-state index is 0. The van der Waals surface area contributed by atoms with Gasteiger partial charge in [-0.25, -0.2) is 18.3 Å². The van der Waals surface area contributed by atoms with E-state index in [0.717, 1.165) is 45.4 Å². The smallest absolute Gasteiger partial charge is 0.244 e. The lowest BCUT2D eigenvalue weighted by molar-refractivity contribution is -0.703. The van der Waals surface area contributed by atoms with Crippen LogP contribution < -0.4 is 33.9 Å². The van der Waals surface area contributed by atoms with Crippen molar-refractivity contribution in [2.75, 3.05) is 0 Å². The van der Waals surface area contributed by atoms with Gasteiger partial charge in [0.2, 0.25) is 12.7 Å². The summed E-state index contributed by atoms with van der Waals surface area (Å²) >= 11 is 0. The number of unbranched alkanes of at least 4 members (excludes halogenated alkanes) is 2. The third-order valence-electron chi connectivity index (χ3n) is 5.73. The van der Waals surface area contributed by atoms with Crippen LogP contribution in [0.5, 0.6) is 0 Å². The molecule has 10 heteroatoms. The van der Waals surface area contributed by atoms with Gasteiger partial charge in [-0.2, -0.15) is 10.5 Å². The highest BCUT2D eigenvalue weighted by Crippen LogP contribution is 2.13. The second kappa shape index (κ2) is 15.7. The topological polar surface area (TPSA) is 128 Å². The molecular weight excluding hydrogens is 487 g/mol. The molecule has 8 nitrogen and oxygen atoms in total. The predicted octanol–water partition coefficient (Wildman–Crippen LogP) is -3.77. The van der Waals surface area contributed by atoms with E-state index in [2.05, 4.69) is 91.6 Å². The Morgan fingerprint density at radius 2 is 1.03 bits per heavy atom. The molecule has 0 aliphatic carbocycles. The third-order valence-corrected chi connectivity index (χ3v) is 5.73. The molecule has 2 aromatic heterocycles. The summed E-state index contributed by atoms with van der Waals surface area (Å²) in [7, 11) is 0. The predicted molar refractivity (Wildman–Crippen MR) is 126 cm³/mol. The van der Waals surface area contributed by atoms with Gasteiger partial charge in [-0.05, 0) is 37.1 Å². The number of nitriles is 2. The zero-order valence-electron chi connectivity index (χ0n) is 19.6. The quantitative estimate of drug-likeness (QED) is 0.158. The first-order valence-corrected chi connectivity index (χ1v) is 11.0. The van der Waals surface area contributed by atoms with E-state index >= 15 is 0 Å². The SMILES string of the molecule is N#CCCCn1c[n+](CCC[n+]2cn(CCCC#N)c3ccccc32)c2ccccc21.O.O.[Cl-].[Cl-]. The maximum absolute atomic E-state index is 8.84. The number of imidazole rings is 2. The highest BCUT2D eigenvalue weighted by Gasteiger charge is 2.17. The minimum Gasteiger partial charge on any atom is -1.00 e. The average molecular weight is 519 g/mol. The van der Waals surface area contributed by atoms with Crippen molar-refractivity contribution in [1.82, 2.24) is 9.13 Å². The first kappa shape index (κ1) is 31.9. The standard InChI is InChI=1S/C25H28N6.2ClH.2H2O/c26-14-5-7-16-28-20-30(24-12-3-1-10-22(24)28)18-9-19-31-21-29(17-8-6-15-27)23-11-2-4-13-25(23)31;;;;/h1-4,10-13,20-21H,5-9,16-19H2;2*1H;2*1H2/q+2;;;;/p-2. The summed E-state index contributed by atoms with van der Waals surface area (Å²) in [6.07, 6.45) is 8.32. The number of aromatic nitrogens is 4. The van der Waals surface area contributed by atoms with Gasteiger partial charge in [-0.1, -0.05) is 24.3 Å². The van der Waals surface area contributed by atoms with Crippen molar-refractivity contribution >= 4 is 22.1 Å². The summed E-state index contributed by atoms with van der Waals surface area (Å²) in [6, 6.07) is 21.4. The molecule has 4 aromatic rings. The lowest BCUT2D eigenvalue weighted by atomic mass is 10.3. The van der Waals surface area contributed by atoms with Gasteiger partial charge in [0, 0.05) is 19.3 Å². The summed E-state index contributed by atoms with van der Waals surface area (Å²) in [6.45, 7) is 3.61. The Morgan fingerprint density at radius 1 is 0.629 bits per heavy atom.